The number of carbonyl (C=O) groups is 1. The minimum atomic E-state index is -0.785. The van der Waals surface area contributed by atoms with Gasteiger partial charge in [-0.1, -0.05) is 25.4 Å². The number of benzene rings is 1. The van der Waals surface area contributed by atoms with Gasteiger partial charge in [-0.25, -0.2) is 13.5 Å². The van der Waals surface area contributed by atoms with Crippen LogP contribution in [0.15, 0.2) is 28.7 Å². The number of halogens is 3. The lowest BCUT2D eigenvalue weighted by Gasteiger charge is -2.60. The number of fused-ring (bicyclic) bond motifs is 5. The maximum absolute atomic E-state index is 14.6. The fraction of sp³-hybridized carbons (Fsp3) is 0.417. The Kier molecular flexibility index (Phi) is 4.65. The van der Waals surface area contributed by atoms with Crippen molar-refractivity contribution in [3.8, 4) is 5.69 Å². The Morgan fingerprint density at radius 2 is 2.15 bits per heavy atom. The molecule has 3 heterocycles. The molecule has 0 spiro atoms. The number of carbonyl (C=O) groups excluding carboxylic acids is 1. The van der Waals surface area contributed by atoms with Gasteiger partial charge in [0.15, 0.2) is 17.1 Å². The molecule has 5 nitrogen and oxygen atoms in total. The minimum Gasteiger partial charge on any atom is -0.451 e. The van der Waals surface area contributed by atoms with Gasteiger partial charge in [0.1, 0.15) is 27.3 Å². The smallest absolute Gasteiger partial charge is 0.275 e. The first-order valence-corrected chi connectivity index (χ1v) is 12.3. The normalized spacial score (nSPS) is 23.7. The molecule has 1 amide bonds. The molecule has 0 saturated heterocycles. The highest BCUT2D eigenvalue weighted by Gasteiger charge is 2.54. The molecule has 2 bridgehead atoms. The average molecular weight is 490 g/mol. The monoisotopic (exact) mass is 489 g/mol. The van der Waals surface area contributed by atoms with E-state index in [1.54, 1.807) is 6.07 Å². The van der Waals surface area contributed by atoms with Crippen molar-refractivity contribution < 1.29 is 18.0 Å². The molecule has 9 heteroatoms. The summed E-state index contributed by atoms with van der Waals surface area (Å²) < 4.78 is 36.5. The second-order valence-corrected chi connectivity index (χ2v) is 11.5. The summed E-state index contributed by atoms with van der Waals surface area (Å²) in [7, 11) is 0. The quantitative estimate of drug-likeness (QED) is 0.353. The predicted molar refractivity (Wildman–Crippen MR) is 124 cm³/mol. The van der Waals surface area contributed by atoms with Gasteiger partial charge in [0.25, 0.3) is 5.91 Å². The summed E-state index contributed by atoms with van der Waals surface area (Å²) in [6.07, 6.45) is 3.53. The van der Waals surface area contributed by atoms with Crippen molar-refractivity contribution in [2.75, 3.05) is 6.54 Å². The molecule has 3 atom stereocenters. The van der Waals surface area contributed by atoms with Crippen molar-refractivity contribution in [3.63, 3.8) is 0 Å². The van der Waals surface area contributed by atoms with Gasteiger partial charge >= 0.3 is 0 Å². The molecule has 172 valence electrons. The van der Waals surface area contributed by atoms with Crippen molar-refractivity contribution in [2.24, 2.45) is 23.2 Å². The molecule has 0 aliphatic heterocycles. The van der Waals surface area contributed by atoms with Crippen LogP contribution in [-0.2, 0) is 0 Å². The highest BCUT2D eigenvalue weighted by Crippen LogP contribution is 2.61. The number of hydrogen-bond donors (Lipinski definition) is 1. The van der Waals surface area contributed by atoms with Crippen LogP contribution < -0.4 is 5.32 Å². The number of amides is 1. The third-order valence-corrected chi connectivity index (χ3v) is 9.07. The number of thiophene rings is 1. The topological polar surface area (TPSA) is 60.1 Å². The van der Waals surface area contributed by atoms with Crippen LogP contribution in [0.5, 0.6) is 0 Å². The van der Waals surface area contributed by atoms with E-state index in [1.807, 2.05) is 0 Å². The summed E-state index contributed by atoms with van der Waals surface area (Å²) in [6, 6.07) is 4.90. The SMILES string of the molecule is CC1(C)C2CCC(CNC(=O)c3nn(-c4ccc(F)cc4F)c4c3oc3cc(Cl)sc34)C1C2. The standard InChI is InChI=1S/C24H22ClF2N3O2S/c1-24(2)12-4-3-11(14(24)7-12)10-28-23(31)19-21-20(22-17(32-21)9-18(25)33-22)30(29-19)16-6-5-13(26)8-15(16)27/h5-6,8-9,11-12,14H,3-4,7,10H2,1-2H3,(H,28,31). The number of furan rings is 1. The van der Waals surface area contributed by atoms with Gasteiger partial charge in [-0.05, 0) is 54.6 Å². The maximum Gasteiger partial charge on any atom is 0.275 e. The first-order chi connectivity index (χ1) is 15.7. The van der Waals surface area contributed by atoms with Crippen LogP contribution >= 0.6 is 22.9 Å². The summed E-state index contributed by atoms with van der Waals surface area (Å²) in [4.78, 5) is 13.2. The summed E-state index contributed by atoms with van der Waals surface area (Å²) in [5.74, 6) is -0.0140. The van der Waals surface area contributed by atoms with Crippen LogP contribution in [-0.4, -0.2) is 22.2 Å². The predicted octanol–water partition coefficient (Wildman–Crippen LogP) is 6.57. The van der Waals surface area contributed by atoms with Gasteiger partial charge in [0.05, 0.1) is 4.34 Å². The molecule has 1 N–H and O–H groups in total. The van der Waals surface area contributed by atoms with Gasteiger partial charge in [-0.15, -0.1) is 11.3 Å². The van der Waals surface area contributed by atoms with Crippen molar-refractivity contribution in [2.45, 2.75) is 33.1 Å². The number of nitrogens with zero attached hydrogens (tertiary/aromatic N) is 2. The van der Waals surface area contributed by atoms with E-state index < -0.39 is 11.6 Å². The van der Waals surface area contributed by atoms with Gasteiger partial charge < -0.3 is 9.73 Å². The molecule has 3 aliphatic carbocycles. The molecule has 3 aliphatic rings. The summed E-state index contributed by atoms with van der Waals surface area (Å²) >= 11 is 7.40. The van der Waals surface area contributed by atoms with E-state index >= 15 is 0 Å². The van der Waals surface area contributed by atoms with Gasteiger partial charge in [0, 0.05) is 18.7 Å². The Morgan fingerprint density at radius 1 is 1.33 bits per heavy atom. The first kappa shape index (κ1) is 21.1. The Bertz CT molecular complexity index is 1420. The zero-order valence-electron chi connectivity index (χ0n) is 18.1. The third kappa shape index (κ3) is 3.14. The highest BCUT2D eigenvalue weighted by atomic mass is 35.5. The van der Waals surface area contributed by atoms with E-state index in [-0.39, 0.29) is 22.9 Å². The number of hydrogen-bond acceptors (Lipinski definition) is 4. The molecule has 0 radical (unpaired) electrons. The Labute approximate surface area is 197 Å². The lowest BCUT2D eigenvalue weighted by Crippen LogP contribution is -2.54. The second kappa shape index (κ2) is 7.27. The molecule has 3 saturated carbocycles. The summed E-state index contributed by atoms with van der Waals surface area (Å²) in [5, 5.41) is 7.44. The third-order valence-electron chi connectivity index (χ3n) is 7.82. The van der Waals surface area contributed by atoms with Crippen molar-refractivity contribution in [1.29, 1.82) is 0 Å². The molecule has 3 aromatic heterocycles. The number of nitrogens with one attached hydrogen (secondary N) is 1. The Morgan fingerprint density at radius 3 is 2.88 bits per heavy atom. The molecule has 4 aromatic rings. The average Bonchev–Trinajstić information content (AvgIpc) is 3.41. The van der Waals surface area contributed by atoms with Crippen molar-refractivity contribution in [3.05, 3.63) is 45.9 Å². The van der Waals surface area contributed by atoms with E-state index in [0.717, 1.165) is 24.5 Å². The van der Waals surface area contributed by atoms with Crippen LogP contribution in [0.4, 0.5) is 8.78 Å². The van der Waals surface area contributed by atoms with E-state index in [0.29, 0.717) is 43.9 Å². The molecule has 1 aromatic carbocycles. The van der Waals surface area contributed by atoms with Crippen LogP contribution in [0.2, 0.25) is 4.34 Å². The number of aromatic nitrogens is 2. The lowest BCUT2D eigenvalue weighted by molar-refractivity contribution is -0.103. The summed E-state index contributed by atoms with van der Waals surface area (Å²) in [5.41, 5.74) is 1.64. The zero-order chi connectivity index (χ0) is 23.1. The van der Waals surface area contributed by atoms with E-state index in [9.17, 15) is 13.6 Å². The van der Waals surface area contributed by atoms with E-state index in [4.69, 9.17) is 16.0 Å². The largest absolute Gasteiger partial charge is 0.451 e. The molecule has 3 fully saturated rings. The fourth-order valence-corrected chi connectivity index (χ4v) is 7.06. The van der Waals surface area contributed by atoms with E-state index in [2.05, 4.69) is 24.3 Å². The van der Waals surface area contributed by atoms with Crippen molar-refractivity contribution in [1.82, 2.24) is 15.1 Å². The second-order valence-electron chi connectivity index (χ2n) is 9.79. The van der Waals surface area contributed by atoms with Crippen LogP contribution in [0.25, 0.3) is 27.1 Å². The van der Waals surface area contributed by atoms with Gasteiger partial charge in [-0.2, -0.15) is 5.10 Å². The van der Waals surface area contributed by atoms with Gasteiger partial charge in [-0.3, -0.25) is 4.79 Å². The first-order valence-electron chi connectivity index (χ1n) is 11.1. The molecule has 3 unspecified atom stereocenters. The van der Waals surface area contributed by atoms with Gasteiger partial charge in [0.2, 0.25) is 0 Å². The molecule has 7 rings (SSSR count). The van der Waals surface area contributed by atoms with Crippen molar-refractivity contribution >= 4 is 50.2 Å². The van der Waals surface area contributed by atoms with E-state index in [1.165, 1.54) is 34.9 Å². The molecule has 33 heavy (non-hydrogen) atoms. The minimum absolute atomic E-state index is 0.0298. The fourth-order valence-electron chi connectivity index (χ4n) is 5.89. The summed E-state index contributed by atoms with van der Waals surface area (Å²) in [6.45, 7) is 5.21. The van der Waals surface area contributed by atoms with Crippen LogP contribution in [0.3, 0.4) is 0 Å². The maximum atomic E-state index is 14.6. The highest BCUT2D eigenvalue weighted by molar-refractivity contribution is 7.23. The lowest BCUT2D eigenvalue weighted by atomic mass is 9.45. The van der Waals surface area contributed by atoms with Crippen LogP contribution in [0, 0.1) is 34.8 Å². The molecular weight excluding hydrogens is 468 g/mol. The Hall–Kier alpha value is -2.45. The Balaban J connectivity index is 1.37. The zero-order valence-corrected chi connectivity index (χ0v) is 19.7. The molecular formula is C24H22ClF2N3O2S. The van der Waals surface area contributed by atoms with Crippen LogP contribution in [0.1, 0.15) is 43.6 Å². The number of rotatable bonds is 4.